The Morgan fingerprint density at radius 2 is 2.12 bits per heavy atom. The lowest BCUT2D eigenvalue weighted by molar-refractivity contribution is 0.550. The van der Waals surface area contributed by atoms with Crippen LogP contribution < -0.4 is 5.32 Å². The lowest BCUT2D eigenvalue weighted by atomic mass is 10.1. The molecule has 2 N–H and O–H groups in total. The number of aryl methyl sites for hydroxylation is 2. The highest BCUT2D eigenvalue weighted by Crippen LogP contribution is 2.20. The number of imidazole rings is 1. The van der Waals surface area contributed by atoms with Crippen molar-refractivity contribution in [2.45, 2.75) is 40.2 Å². The first kappa shape index (κ1) is 12.1. The second kappa shape index (κ2) is 4.88. The maximum absolute atomic E-state index is 4.69. The summed E-state index contributed by atoms with van der Waals surface area (Å²) in [6.45, 7) is 9.58. The summed E-state index contributed by atoms with van der Waals surface area (Å²) in [4.78, 5) is 8.10. The number of aromatic nitrogens is 2. The average molecular weight is 231 g/mol. The Balaban J connectivity index is 2.34. The Labute approximate surface area is 103 Å². The van der Waals surface area contributed by atoms with E-state index in [4.69, 9.17) is 0 Å². The number of aromatic amines is 1. The van der Waals surface area contributed by atoms with Crippen LogP contribution in [0.4, 0.5) is 0 Å². The third kappa shape index (κ3) is 2.50. The van der Waals surface area contributed by atoms with Crippen molar-refractivity contribution in [2.75, 3.05) is 6.54 Å². The fourth-order valence-corrected chi connectivity index (χ4v) is 2.15. The molecule has 1 unspecified atom stereocenters. The normalized spacial score (nSPS) is 13.2. The molecule has 0 aliphatic carbocycles. The quantitative estimate of drug-likeness (QED) is 0.848. The van der Waals surface area contributed by atoms with Gasteiger partial charge in [-0.05, 0) is 50.9 Å². The Hall–Kier alpha value is -1.35. The van der Waals surface area contributed by atoms with E-state index < -0.39 is 0 Å². The lowest BCUT2D eigenvalue weighted by Crippen LogP contribution is -2.20. The predicted molar refractivity (Wildman–Crippen MR) is 72.3 cm³/mol. The molecule has 0 saturated carbocycles. The number of nitrogens with zero attached hydrogens (tertiary/aromatic N) is 1. The van der Waals surface area contributed by atoms with Crippen LogP contribution in [0.1, 0.15) is 43.3 Å². The molecule has 17 heavy (non-hydrogen) atoms. The number of H-pyrrole nitrogens is 1. The Morgan fingerprint density at radius 1 is 1.35 bits per heavy atom. The molecule has 0 aliphatic heterocycles. The van der Waals surface area contributed by atoms with E-state index in [1.54, 1.807) is 0 Å². The van der Waals surface area contributed by atoms with Crippen molar-refractivity contribution in [1.82, 2.24) is 15.3 Å². The molecule has 0 fully saturated rings. The van der Waals surface area contributed by atoms with E-state index in [0.717, 1.165) is 29.8 Å². The molecule has 2 aromatic rings. The van der Waals surface area contributed by atoms with Gasteiger partial charge in [0.05, 0.1) is 17.1 Å². The fourth-order valence-electron chi connectivity index (χ4n) is 2.15. The fraction of sp³-hybridized carbons (Fsp3) is 0.500. The lowest BCUT2D eigenvalue weighted by Gasteiger charge is -2.09. The predicted octanol–water partition coefficient (Wildman–Crippen LogP) is 3.24. The highest BCUT2D eigenvalue weighted by Gasteiger charge is 2.11. The van der Waals surface area contributed by atoms with E-state index >= 15 is 0 Å². The van der Waals surface area contributed by atoms with Crippen LogP contribution in [0.15, 0.2) is 12.1 Å². The first-order valence-corrected chi connectivity index (χ1v) is 6.32. The summed E-state index contributed by atoms with van der Waals surface area (Å²) in [5, 5.41) is 3.45. The first-order valence-electron chi connectivity index (χ1n) is 6.32. The second-order valence-electron chi connectivity index (χ2n) is 4.78. The van der Waals surface area contributed by atoms with Gasteiger partial charge in [-0.15, -0.1) is 0 Å². The molecule has 3 nitrogen and oxygen atoms in total. The largest absolute Gasteiger partial charge is 0.341 e. The van der Waals surface area contributed by atoms with Crippen LogP contribution in [-0.2, 0) is 0 Å². The maximum Gasteiger partial charge on any atom is 0.124 e. The highest BCUT2D eigenvalue weighted by atomic mass is 15.0. The van der Waals surface area contributed by atoms with E-state index in [0.29, 0.717) is 0 Å². The van der Waals surface area contributed by atoms with Crippen LogP contribution >= 0.6 is 0 Å². The van der Waals surface area contributed by atoms with Crippen molar-refractivity contribution < 1.29 is 0 Å². The molecule has 1 aromatic heterocycles. The highest BCUT2D eigenvalue weighted by molar-refractivity contribution is 5.79. The van der Waals surface area contributed by atoms with Crippen LogP contribution in [0.2, 0.25) is 0 Å². The zero-order valence-corrected chi connectivity index (χ0v) is 11.1. The van der Waals surface area contributed by atoms with Crippen molar-refractivity contribution in [1.29, 1.82) is 0 Å². The summed E-state index contributed by atoms with van der Waals surface area (Å²) in [6.07, 6.45) is 1.14. The van der Waals surface area contributed by atoms with Gasteiger partial charge in [-0.25, -0.2) is 4.98 Å². The third-order valence-electron chi connectivity index (χ3n) is 3.05. The molecular formula is C14H21N3. The first-order chi connectivity index (χ1) is 8.11. The Morgan fingerprint density at radius 3 is 2.82 bits per heavy atom. The number of benzene rings is 1. The summed E-state index contributed by atoms with van der Waals surface area (Å²) < 4.78 is 0. The van der Waals surface area contributed by atoms with Crippen molar-refractivity contribution >= 4 is 11.0 Å². The molecule has 0 bridgehead atoms. The number of hydrogen-bond donors (Lipinski definition) is 2. The molecule has 2 rings (SSSR count). The minimum atomic E-state index is 0.280. The van der Waals surface area contributed by atoms with Crippen molar-refractivity contribution in [3.63, 3.8) is 0 Å². The monoisotopic (exact) mass is 231 g/mol. The van der Waals surface area contributed by atoms with Gasteiger partial charge < -0.3 is 10.3 Å². The molecule has 0 amide bonds. The van der Waals surface area contributed by atoms with Crippen LogP contribution in [-0.4, -0.2) is 16.5 Å². The van der Waals surface area contributed by atoms with Gasteiger partial charge in [0.15, 0.2) is 0 Å². The van der Waals surface area contributed by atoms with Gasteiger partial charge in [-0.2, -0.15) is 0 Å². The number of rotatable bonds is 4. The molecule has 0 saturated heterocycles. The molecule has 0 radical (unpaired) electrons. The van der Waals surface area contributed by atoms with Gasteiger partial charge in [0.25, 0.3) is 0 Å². The van der Waals surface area contributed by atoms with Gasteiger partial charge in [0, 0.05) is 0 Å². The zero-order chi connectivity index (χ0) is 12.4. The van der Waals surface area contributed by atoms with Gasteiger partial charge in [-0.1, -0.05) is 13.0 Å². The van der Waals surface area contributed by atoms with Crippen molar-refractivity contribution in [2.24, 2.45) is 0 Å². The second-order valence-corrected chi connectivity index (χ2v) is 4.78. The summed E-state index contributed by atoms with van der Waals surface area (Å²) in [5.74, 6) is 1.03. The number of fused-ring (bicyclic) bond motifs is 1. The molecule has 0 aliphatic rings. The van der Waals surface area contributed by atoms with Crippen LogP contribution in [0.3, 0.4) is 0 Å². The summed E-state index contributed by atoms with van der Waals surface area (Å²) >= 11 is 0. The minimum absolute atomic E-state index is 0.280. The molecule has 1 atom stereocenters. The van der Waals surface area contributed by atoms with E-state index in [9.17, 15) is 0 Å². The molecule has 3 heteroatoms. The molecule has 1 aromatic carbocycles. The molecule has 92 valence electrons. The van der Waals surface area contributed by atoms with Gasteiger partial charge in [0.2, 0.25) is 0 Å². The van der Waals surface area contributed by atoms with Gasteiger partial charge in [0.1, 0.15) is 5.82 Å². The van der Waals surface area contributed by atoms with Crippen molar-refractivity contribution in [3.8, 4) is 0 Å². The van der Waals surface area contributed by atoms with Crippen LogP contribution in [0.25, 0.3) is 11.0 Å². The standard InChI is InChI=1S/C14H21N3/c1-5-6-15-11(4)14-16-12-8-9(2)7-10(3)13(12)17-14/h7-8,11,15H,5-6H2,1-4H3,(H,16,17). The SMILES string of the molecule is CCCNC(C)c1nc2c(C)cc(C)cc2[nH]1. The molecule has 0 spiro atoms. The summed E-state index contributed by atoms with van der Waals surface area (Å²) in [6, 6.07) is 4.62. The Bertz CT molecular complexity index is 513. The minimum Gasteiger partial charge on any atom is -0.341 e. The number of nitrogens with one attached hydrogen (secondary N) is 2. The van der Waals surface area contributed by atoms with E-state index in [1.165, 1.54) is 11.1 Å². The van der Waals surface area contributed by atoms with Crippen LogP contribution in [0, 0.1) is 13.8 Å². The van der Waals surface area contributed by atoms with E-state index in [1.807, 2.05) is 0 Å². The maximum atomic E-state index is 4.69. The number of hydrogen-bond acceptors (Lipinski definition) is 2. The summed E-state index contributed by atoms with van der Waals surface area (Å²) in [5.41, 5.74) is 4.75. The van der Waals surface area contributed by atoms with Crippen molar-refractivity contribution in [3.05, 3.63) is 29.1 Å². The topological polar surface area (TPSA) is 40.7 Å². The van der Waals surface area contributed by atoms with E-state index in [-0.39, 0.29) is 6.04 Å². The van der Waals surface area contributed by atoms with E-state index in [2.05, 4.69) is 55.1 Å². The zero-order valence-electron chi connectivity index (χ0n) is 11.1. The van der Waals surface area contributed by atoms with Gasteiger partial charge in [-0.3, -0.25) is 0 Å². The van der Waals surface area contributed by atoms with Crippen LogP contribution in [0.5, 0.6) is 0 Å². The summed E-state index contributed by atoms with van der Waals surface area (Å²) in [7, 11) is 0. The smallest absolute Gasteiger partial charge is 0.124 e. The Kier molecular flexibility index (Phi) is 3.48. The third-order valence-corrected chi connectivity index (χ3v) is 3.05. The molecular weight excluding hydrogens is 210 g/mol. The molecule has 1 heterocycles. The van der Waals surface area contributed by atoms with Gasteiger partial charge >= 0.3 is 0 Å². The average Bonchev–Trinajstić information content (AvgIpc) is 2.69.